The van der Waals surface area contributed by atoms with E-state index in [2.05, 4.69) is 5.32 Å². The number of carboxylic acids is 1. The predicted molar refractivity (Wildman–Crippen MR) is 84.9 cm³/mol. The number of benzene rings is 2. The molecule has 120 valence electrons. The maximum Gasteiger partial charge on any atom is 0.308 e. The molecular formula is C17H15ClFNO3. The summed E-state index contributed by atoms with van der Waals surface area (Å²) in [5, 5.41) is 11.6. The summed E-state index contributed by atoms with van der Waals surface area (Å²) in [7, 11) is 0. The van der Waals surface area contributed by atoms with Crippen molar-refractivity contribution in [3.63, 3.8) is 0 Å². The Morgan fingerprint density at radius 3 is 2.39 bits per heavy atom. The van der Waals surface area contributed by atoms with E-state index in [1.807, 2.05) is 0 Å². The molecule has 0 unspecified atom stereocenters. The molecule has 0 spiro atoms. The lowest BCUT2D eigenvalue weighted by molar-refractivity contribution is -0.142. The highest BCUT2D eigenvalue weighted by Gasteiger charge is 2.27. The summed E-state index contributed by atoms with van der Waals surface area (Å²) in [6, 6.07) is 11.9. The molecule has 1 amide bonds. The molecule has 0 aliphatic heterocycles. The van der Waals surface area contributed by atoms with Gasteiger partial charge in [0.15, 0.2) is 0 Å². The molecule has 2 N–H and O–H groups in total. The highest BCUT2D eigenvalue weighted by Crippen LogP contribution is 2.25. The van der Waals surface area contributed by atoms with E-state index in [1.165, 1.54) is 19.1 Å². The molecule has 23 heavy (non-hydrogen) atoms. The number of halogens is 2. The summed E-state index contributed by atoms with van der Waals surface area (Å²) in [5.41, 5.74) is 0.605. The zero-order valence-corrected chi connectivity index (χ0v) is 13.0. The van der Waals surface area contributed by atoms with E-state index >= 15 is 0 Å². The van der Waals surface area contributed by atoms with Crippen LogP contribution in [0.4, 0.5) is 4.39 Å². The average molecular weight is 336 g/mol. The van der Waals surface area contributed by atoms with Gasteiger partial charge in [-0.15, -0.1) is 0 Å². The first-order valence-corrected chi connectivity index (χ1v) is 7.32. The lowest BCUT2D eigenvalue weighted by atomic mass is 9.94. The molecule has 0 aromatic heterocycles. The summed E-state index contributed by atoms with van der Waals surface area (Å²) < 4.78 is 13.5. The molecule has 0 saturated heterocycles. The normalized spacial score (nSPS) is 13.2. The molecule has 0 heterocycles. The summed E-state index contributed by atoms with van der Waals surface area (Å²) in [5.74, 6) is -3.25. The van der Waals surface area contributed by atoms with Crippen molar-refractivity contribution in [2.24, 2.45) is 5.92 Å². The Kier molecular flexibility index (Phi) is 5.34. The van der Waals surface area contributed by atoms with Crippen LogP contribution in [0.3, 0.4) is 0 Å². The topological polar surface area (TPSA) is 66.4 Å². The number of hydrogen-bond acceptors (Lipinski definition) is 2. The Morgan fingerprint density at radius 1 is 1.13 bits per heavy atom. The summed E-state index contributed by atoms with van der Waals surface area (Å²) in [6.07, 6.45) is 0. The van der Waals surface area contributed by atoms with Crippen LogP contribution in [-0.2, 0) is 4.79 Å². The van der Waals surface area contributed by atoms with Crippen LogP contribution in [-0.4, -0.2) is 17.0 Å². The van der Waals surface area contributed by atoms with Crippen molar-refractivity contribution in [1.82, 2.24) is 5.32 Å². The van der Waals surface area contributed by atoms with Gasteiger partial charge in [0.25, 0.3) is 5.91 Å². The number of carbonyl (C=O) groups is 2. The third-order valence-corrected chi connectivity index (χ3v) is 3.92. The number of hydrogen-bond donors (Lipinski definition) is 2. The number of rotatable bonds is 5. The van der Waals surface area contributed by atoms with Crippen molar-refractivity contribution in [2.75, 3.05) is 0 Å². The smallest absolute Gasteiger partial charge is 0.308 e. The van der Waals surface area contributed by atoms with Gasteiger partial charge in [0, 0.05) is 0 Å². The number of nitrogens with one attached hydrogen (secondary N) is 1. The lowest BCUT2D eigenvalue weighted by Crippen LogP contribution is -2.35. The van der Waals surface area contributed by atoms with Gasteiger partial charge in [-0.2, -0.15) is 0 Å². The monoisotopic (exact) mass is 335 g/mol. The van der Waals surface area contributed by atoms with Gasteiger partial charge in [-0.05, 0) is 24.6 Å². The molecule has 0 bridgehead atoms. The Hall–Kier alpha value is -2.40. The molecule has 4 nitrogen and oxygen atoms in total. The quantitative estimate of drug-likeness (QED) is 0.876. The minimum absolute atomic E-state index is 0.0369. The SMILES string of the molecule is C[C@H](C(=O)O)[C@H](NC(=O)c1cccc(F)c1Cl)c1ccccc1. The van der Waals surface area contributed by atoms with Crippen molar-refractivity contribution < 1.29 is 19.1 Å². The van der Waals surface area contributed by atoms with Crippen LogP contribution in [0.1, 0.15) is 28.9 Å². The van der Waals surface area contributed by atoms with E-state index in [0.29, 0.717) is 5.56 Å². The van der Waals surface area contributed by atoms with Gasteiger partial charge in [0.2, 0.25) is 0 Å². The van der Waals surface area contributed by atoms with Crippen molar-refractivity contribution in [3.05, 3.63) is 70.5 Å². The Morgan fingerprint density at radius 2 is 1.78 bits per heavy atom. The van der Waals surface area contributed by atoms with Crippen LogP contribution < -0.4 is 5.32 Å². The second-order valence-electron chi connectivity index (χ2n) is 5.09. The molecule has 0 aliphatic carbocycles. The first-order chi connectivity index (χ1) is 10.9. The highest BCUT2D eigenvalue weighted by molar-refractivity contribution is 6.34. The van der Waals surface area contributed by atoms with Gasteiger partial charge in [-0.1, -0.05) is 48.0 Å². The molecule has 6 heteroatoms. The molecular weight excluding hydrogens is 321 g/mol. The zero-order valence-electron chi connectivity index (χ0n) is 12.3. The number of amides is 1. The standard InChI is InChI=1S/C17H15ClFNO3/c1-10(17(22)23)15(11-6-3-2-4-7-11)20-16(21)12-8-5-9-13(19)14(12)18/h2-10,15H,1H3,(H,20,21)(H,22,23)/t10-,15-/m0/s1. The lowest BCUT2D eigenvalue weighted by Gasteiger charge is -2.23. The second kappa shape index (κ2) is 7.24. The van der Waals surface area contributed by atoms with Crippen molar-refractivity contribution >= 4 is 23.5 Å². The summed E-state index contributed by atoms with van der Waals surface area (Å²) in [6.45, 7) is 1.49. The summed E-state index contributed by atoms with van der Waals surface area (Å²) in [4.78, 5) is 23.7. The van der Waals surface area contributed by atoms with Crippen LogP contribution >= 0.6 is 11.6 Å². The first-order valence-electron chi connectivity index (χ1n) is 6.94. The predicted octanol–water partition coefficient (Wildman–Crippen LogP) is 3.67. The Labute approximate surface area is 137 Å². The fourth-order valence-electron chi connectivity index (χ4n) is 2.20. The molecule has 0 radical (unpaired) electrons. The summed E-state index contributed by atoms with van der Waals surface area (Å²) >= 11 is 5.81. The molecule has 2 aromatic carbocycles. The zero-order chi connectivity index (χ0) is 17.0. The highest BCUT2D eigenvalue weighted by atomic mass is 35.5. The molecule has 2 rings (SSSR count). The van der Waals surface area contributed by atoms with Crippen LogP contribution in [0, 0.1) is 11.7 Å². The average Bonchev–Trinajstić information content (AvgIpc) is 2.55. The minimum Gasteiger partial charge on any atom is -0.481 e. The van der Waals surface area contributed by atoms with E-state index in [1.54, 1.807) is 30.3 Å². The van der Waals surface area contributed by atoms with Gasteiger partial charge in [0.05, 0.1) is 22.5 Å². The minimum atomic E-state index is -1.05. The second-order valence-corrected chi connectivity index (χ2v) is 5.47. The van der Waals surface area contributed by atoms with Crippen molar-refractivity contribution in [3.8, 4) is 0 Å². The van der Waals surface area contributed by atoms with Gasteiger partial charge >= 0.3 is 5.97 Å². The molecule has 0 aliphatic rings. The fourth-order valence-corrected chi connectivity index (χ4v) is 2.41. The largest absolute Gasteiger partial charge is 0.481 e. The van der Waals surface area contributed by atoms with Crippen LogP contribution in [0.2, 0.25) is 5.02 Å². The van der Waals surface area contributed by atoms with Crippen molar-refractivity contribution in [2.45, 2.75) is 13.0 Å². The van der Waals surface area contributed by atoms with Crippen molar-refractivity contribution in [1.29, 1.82) is 0 Å². The molecule has 0 saturated carbocycles. The van der Waals surface area contributed by atoms with E-state index in [4.69, 9.17) is 11.6 Å². The maximum atomic E-state index is 13.5. The van der Waals surface area contributed by atoms with E-state index < -0.39 is 29.7 Å². The Balaban J connectivity index is 2.33. The van der Waals surface area contributed by atoms with Crippen LogP contribution in [0.5, 0.6) is 0 Å². The van der Waals surface area contributed by atoms with Gasteiger partial charge < -0.3 is 10.4 Å². The van der Waals surface area contributed by atoms with E-state index in [9.17, 15) is 19.1 Å². The first kappa shape index (κ1) is 17.0. The van der Waals surface area contributed by atoms with Crippen LogP contribution in [0.15, 0.2) is 48.5 Å². The van der Waals surface area contributed by atoms with Gasteiger partial charge in [-0.3, -0.25) is 9.59 Å². The molecule has 2 aromatic rings. The number of carboxylic acid groups (broad SMARTS) is 1. The van der Waals surface area contributed by atoms with Gasteiger partial charge in [0.1, 0.15) is 5.82 Å². The van der Waals surface area contributed by atoms with Crippen LogP contribution in [0.25, 0.3) is 0 Å². The molecule has 0 fully saturated rings. The van der Waals surface area contributed by atoms with E-state index in [0.717, 1.165) is 6.07 Å². The van der Waals surface area contributed by atoms with E-state index in [-0.39, 0.29) is 10.6 Å². The fraction of sp³-hybridized carbons (Fsp3) is 0.176. The third kappa shape index (κ3) is 3.87. The van der Waals surface area contributed by atoms with Gasteiger partial charge in [-0.25, -0.2) is 4.39 Å². The maximum absolute atomic E-state index is 13.5. The number of carbonyl (C=O) groups excluding carboxylic acids is 1. The molecule has 2 atom stereocenters. The Bertz CT molecular complexity index is 721. The third-order valence-electron chi connectivity index (χ3n) is 3.53. The number of aliphatic carboxylic acids is 1.